The quantitative estimate of drug-likeness (QED) is 0.735. The molecule has 0 bridgehead atoms. The maximum absolute atomic E-state index is 13.8. The van der Waals surface area contributed by atoms with Gasteiger partial charge in [-0.25, -0.2) is 9.07 Å². The molecule has 1 heterocycles. The van der Waals surface area contributed by atoms with Crippen LogP contribution >= 0.6 is 23.2 Å². The summed E-state index contributed by atoms with van der Waals surface area (Å²) in [5, 5.41) is 4.81. The van der Waals surface area contributed by atoms with E-state index in [-0.39, 0.29) is 17.1 Å². The van der Waals surface area contributed by atoms with E-state index in [2.05, 4.69) is 5.10 Å². The highest BCUT2D eigenvalue weighted by molar-refractivity contribution is 6.31. The minimum absolute atomic E-state index is 0.204. The van der Waals surface area contributed by atoms with Crippen molar-refractivity contribution in [3.8, 4) is 5.69 Å². The third kappa shape index (κ3) is 2.63. The Morgan fingerprint density at radius 1 is 1.26 bits per heavy atom. The van der Waals surface area contributed by atoms with Crippen LogP contribution < -0.4 is 0 Å². The molecular weight excluding hydrogens is 286 g/mol. The highest BCUT2D eigenvalue weighted by atomic mass is 35.5. The average molecular weight is 301 g/mol. The van der Waals surface area contributed by atoms with Crippen molar-refractivity contribution in [2.45, 2.75) is 32.1 Å². The highest BCUT2D eigenvalue weighted by Crippen LogP contribution is 2.33. The minimum Gasteiger partial charge on any atom is -0.219 e. The van der Waals surface area contributed by atoms with Crippen LogP contribution in [-0.4, -0.2) is 9.78 Å². The molecular formula is C14H15Cl2FN2. The second-order valence-corrected chi connectivity index (χ2v) is 5.99. The van der Waals surface area contributed by atoms with E-state index in [1.807, 2.05) is 20.8 Å². The summed E-state index contributed by atoms with van der Waals surface area (Å²) in [5.41, 5.74) is 1.66. The van der Waals surface area contributed by atoms with Gasteiger partial charge in [-0.3, -0.25) is 0 Å². The van der Waals surface area contributed by atoms with E-state index in [9.17, 15) is 4.39 Å². The molecule has 0 aliphatic rings. The van der Waals surface area contributed by atoms with Crippen molar-refractivity contribution < 1.29 is 4.39 Å². The summed E-state index contributed by atoms with van der Waals surface area (Å²) in [4.78, 5) is 0. The van der Waals surface area contributed by atoms with Crippen LogP contribution in [0, 0.1) is 5.82 Å². The van der Waals surface area contributed by atoms with E-state index in [1.165, 1.54) is 10.7 Å². The molecule has 0 amide bonds. The van der Waals surface area contributed by atoms with E-state index in [1.54, 1.807) is 18.2 Å². The Balaban J connectivity index is 2.67. The first-order chi connectivity index (χ1) is 8.86. The summed E-state index contributed by atoms with van der Waals surface area (Å²) >= 11 is 12.2. The third-order valence-corrected chi connectivity index (χ3v) is 3.50. The fourth-order valence-electron chi connectivity index (χ4n) is 1.93. The molecule has 2 rings (SSSR count). The molecule has 5 heteroatoms. The Morgan fingerprint density at radius 2 is 1.89 bits per heavy atom. The van der Waals surface area contributed by atoms with Crippen LogP contribution in [0.4, 0.5) is 4.39 Å². The van der Waals surface area contributed by atoms with Gasteiger partial charge in [0, 0.05) is 11.0 Å². The van der Waals surface area contributed by atoms with Gasteiger partial charge in [0.05, 0.1) is 11.6 Å². The summed E-state index contributed by atoms with van der Waals surface area (Å²) in [6.07, 6.45) is 0. The maximum Gasteiger partial charge on any atom is 0.148 e. The number of hydrogen-bond acceptors (Lipinski definition) is 1. The van der Waals surface area contributed by atoms with E-state index >= 15 is 0 Å². The summed E-state index contributed by atoms with van der Waals surface area (Å²) in [7, 11) is 0. The lowest BCUT2D eigenvalue weighted by Gasteiger charge is -2.16. The molecule has 0 saturated carbocycles. The zero-order chi connectivity index (χ0) is 14.2. The molecule has 0 radical (unpaired) electrons. The molecule has 0 N–H and O–H groups in total. The van der Waals surface area contributed by atoms with Gasteiger partial charge in [0.1, 0.15) is 16.7 Å². The van der Waals surface area contributed by atoms with Gasteiger partial charge in [0.25, 0.3) is 0 Å². The number of hydrogen-bond donors (Lipinski definition) is 0. The smallest absolute Gasteiger partial charge is 0.148 e. The SMILES string of the molecule is CC(C)(C)c1nn(-c2ccccc2F)c(Cl)c1CCl. The summed E-state index contributed by atoms with van der Waals surface area (Å²) in [5.74, 6) is -0.117. The van der Waals surface area contributed by atoms with Crippen molar-refractivity contribution in [1.82, 2.24) is 9.78 Å². The second-order valence-electron chi connectivity index (χ2n) is 5.36. The molecule has 0 fully saturated rings. The van der Waals surface area contributed by atoms with Gasteiger partial charge in [-0.1, -0.05) is 44.5 Å². The lowest BCUT2D eigenvalue weighted by molar-refractivity contribution is 0.552. The monoisotopic (exact) mass is 300 g/mol. The first-order valence-electron chi connectivity index (χ1n) is 5.95. The summed E-state index contributed by atoms with van der Waals surface area (Å²) in [6.45, 7) is 6.06. The summed E-state index contributed by atoms with van der Waals surface area (Å²) < 4.78 is 15.3. The Bertz CT molecular complexity index is 600. The van der Waals surface area contributed by atoms with E-state index in [0.29, 0.717) is 10.8 Å². The normalized spacial score (nSPS) is 11.9. The standard InChI is InChI=1S/C14H15Cl2FN2/c1-14(2,3)12-9(8-15)13(16)19(18-12)11-7-5-4-6-10(11)17/h4-7H,8H2,1-3H3. The van der Waals surface area contributed by atoms with Crippen LogP contribution in [0.25, 0.3) is 5.69 Å². The number of para-hydroxylation sites is 1. The Hall–Kier alpha value is -1.06. The van der Waals surface area contributed by atoms with Gasteiger partial charge in [0.15, 0.2) is 0 Å². The molecule has 0 saturated heterocycles. The van der Waals surface area contributed by atoms with Gasteiger partial charge in [-0.05, 0) is 12.1 Å². The molecule has 0 atom stereocenters. The molecule has 0 unspecified atom stereocenters. The Morgan fingerprint density at radius 3 is 2.37 bits per heavy atom. The third-order valence-electron chi connectivity index (χ3n) is 2.85. The number of alkyl halides is 1. The Labute approximate surface area is 122 Å². The molecule has 102 valence electrons. The van der Waals surface area contributed by atoms with E-state index < -0.39 is 0 Å². The molecule has 0 aliphatic heterocycles. The maximum atomic E-state index is 13.8. The number of aromatic nitrogens is 2. The minimum atomic E-state index is -0.367. The molecule has 1 aromatic carbocycles. The number of nitrogens with zero attached hydrogens (tertiary/aromatic N) is 2. The second kappa shape index (κ2) is 5.14. The van der Waals surface area contributed by atoms with E-state index in [0.717, 1.165) is 11.3 Å². The first kappa shape index (κ1) is 14.4. The average Bonchev–Trinajstić information content (AvgIpc) is 2.67. The van der Waals surface area contributed by atoms with Crippen molar-refractivity contribution in [3.63, 3.8) is 0 Å². The lowest BCUT2D eigenvalue weighted by atomic mass is 9.90. The molecule has 2 nitrogen and oxygen atoms in total. The van der Waals surface area contributed by atoms with Crippen molar-refractivity contribution in [3.05, 3.63) is 46.5 Å². The molecule has 2 aromatic rings. The van der Waals surface area contributed by atoms with Crippen molar-refractivity contribution in [2.24, 2.45) is 0 Å². The fraction of sp³-hybridized carbons (Fsp3) is 0.357. The molecule has 0 spiro atoms. The number of rotatable bonds is 2. The van der Waals surface area contributed by atoms with Crippen molar-refractivity contribution in [1.29, 1.82) is 0 Å². The number of benzene rings is 1. The van der Waals surface area contributed by atoms with Gasteiger partial charge in [-0.2, -0.15) is 5.10 Å². The van der Waals surface area contributed by atoms with Crippen LogP contribution in [0.3, 0.4) is 0 Å². The van der Waals surface area contributed by atoms with E-state index in [4.69, 9.17) is 23.2 Å². The van der Waals surface area contributed by atoms with Gasteiger partial charge in [0.2, 0.25) is 0 Å². The summed E-state index contributed by atoms with van der Waals surface area (Å²) in [6, 6.07) is 6.39. The Kier molecular flexibility index (Phi) is 3.88. The highest BCUT2D eigenvalue weighted by Gasteiger charge is 2.26. The topological polar surface area (TPSA) is 17.8 Å². The van der Waals surface area contributed by atoms with Crippen LogP contribution in [0.15, 0.2) is 24.3 Å². The first-order valence-corrected chi connectivity index (χ1v) is 6.86. The zero-order valence-electron chi connectivity index (χ0n) is 11.0. The molecule has 0 aliphatic carbocycles. The predicted molar refractivity (Wildman–Crippen MR) is 76.8 cm³/mol. The largest absolute Gasteiger partial charge is 0.219 e. The van der Waals surface area contributed by atoms with Crippen molar-refractivity contribution in [2.75, 3.05) is 0 Å². The lowest BCUT2D eigenvalue weighted by Crippen LogP contribution is -2.14. The zero-order valence-corrected chi connectivity index (χ0v) is 12.6. The van der Waals surface area contributed by atoms with Crippen LogP contribution in [0.5, 0.6) is 0 Å². The fourth-order valence-corrected chi connectivity index (χ4v) is 2.54. The number of halogens is 3. The van der Waals surface area contributed by atoms with Crippen LogP contribution in [-0.2, 0) is 11.3 Å². The van der Waals surface area contributed by atoms with Crippen molar-refractivity contribution >= 4 is 23.2 Å². The molecule has 19 heavy (non-hydrogen) atoms. The van der Waals surface area contributed by atoms with Gasteiger partial charge >= 0.3 is 0 Å². The predicted octanol–water partition coefficient (Wildman–Crippen LogP) is 4.70. The van der Waals surface area contributed by atoms with Crippen LogP contribution in [0.2, 0.25) is 5.15 Å². The van der Waals surface area contributed by atoms with Gasteiger partial charge in [-0.15, -0.1) is 11.6 Å². The molecule has 1 aromatic heterocycles. The van der Waals surface area contributed by atoms with Crippen LogP contribution in [0.1, 0.15) is 32.0 Å². The van der Waals surface area contributed by atoms with Gasteiger partial charge < -0.3 is 0 Å².